The second-order valence-corrected chi connectivity index (χ2v) is 7.91. The number of amides is 1. The average Bonchev–Trinajstić information content (AvgIpc) is 2.83. The van der Waals surface area contributed by atoms with E-state index in [1.165, 1.54) is 0 Å². The summed E-state index contributed by atoms with van der Waals surface area (Å²) in [6, 6.07) is 12.9. The Morgan fingerprint density at radius 3 is 2.41 bits per heavy atom. The highest BCUT2D eigenvalue weighted by molar-refractivity contribution is 5.95. The first-order valence-corrected chi connectivity index (χ1v) is 10.8. The molecule has 2 heterocycles. The summed E-state index contributed by atoms with van der Waals surface area (Å²) in [6.07, 6.45) is 0.889. The van der Waals surface area contributed by atoms with Gasteiger partial charge in [-0.25, -0.2) is 4.79 Å². The van der Waals surface area contributed by atoms with E-state index in [1.807, 2.05) is 17.0 Å². The minimum absolute atomic E-state index is 0.0245. The van der Waals surface area contributed by atoms with Gasteiger partial charge in [0.25, 0.3) is 5.91 Å². The zero-order chi connectivity index (χ0) is 22.7. The zero-order valence-corrected chi connectivity index (χ0v) is 18.7. The highest BCUT2D eigenvalue weighted by Gasteiger charge is 2.23. The van der Waals surface area contributed by atoms with Gasteiger partial charge < -0.3 is 18.8 Å². The number of piperazine rings is 1. The summed E-state index contributed by atoms with van der Waals surface area (Å²) in [5.74, 6) is 1.11. The van der Waals surface area contributed by atoms with Gasteiger partial charge in [0.2, 0.25) is 0 Å². The molecule has 3 aromatic rings. The summed E-state index contributed by atoms with van der Waals surface area (Å²) in [6.45, 7) is 5.42. The second kappa shape index (κ2) is 9.44. The van der Waals surface area contributed by atoms with Crippen LogP contribution in [0.3, 0.4) is 0 Å². The van der Waals surface area contributed by atoms with Crippen molar-refractivity contribution in [1.82, 2.24) is 9.80 Å². The lowest BCUT2D eigenvalue weighted by molar-refractivity contribution is 0.0628. The van der Waals surface area contributed by atoms with Gasteiger partial charge in [0.15, 0.2) is 11.5 Å². The molecular weight excluding hydrogens is 408 g/mol. The van der Waals surface area contributed by atoms with Crippen LogP contribution in [0.2, 0.25) is 0 Å². The van der Waals surface area contributed by atoms with E-state index in [0.29, 0.717) is 42.3 Å². The quantitative estimate of drug-likeness (QED) is 0.552. The van der Waals surface area contributed by atoms with Gasteiger partial charge in [-0.05, 0) is 41.8 Å². The van der Waals surface area contributed by atoms with Gasteiger partial charge in [0.1, 0.15) is 5.58 Å². The monoisotopic (exact) mass is 436 g/mol. The maximum atomic E-state index is 13.0. The molecule has 7 nitrogen and oxygen atoms in total. The number of carbonyl (C=O) groups is 1. The number of hydrogen-bond acceptors (Lipinski definition) is 6. The van der Waals surface area contributed by atoms with Gasteiger partial charge in [0, 0.05) is 49.7 Å². The molecule has 0 atom stereocenters. The lowest BCUT2D eigenvalue weighted by Crippen LogP contribution is -2.48. The molecule has 32 heavy (non-hydrogen) atoms. The highest BCUT2D eigenvalue weighted by Crippen LogP contribution is 2.28. The van der Waals surface area contributed by atoms with Crippen molar-refractivity contribution in [1.29, 1.82) is 0 Å². The molecule has 1 amide bonds. The Morgan fingerprint density at radius 1 is 0.969 bits per heavy atom. The first kappa shape index (κ1) is 21.9. The van der Waals surface area contributed by atoms with Gasteiger partial charge in [0.05, 0.1) is 14.2 Å². The van der Waals surface area contributed by atoms with E-state index in [0.717, 1.165) is 36.0 Å². The lowest BCUT2D eigenvalue weighted by atomic mass is 10.1. The van der Waals surface area contributed by atoms with Gasteiger partial charge in [-0.15, -0.1) is 0 Å². The number of aryl methyl sites for hydroxylation is 1. The molecular formula is C25H28N2O5. The molecule has 0 aliphatic carbocycles. The van der Waals surface area contributed by atoms with Crippen LogP contribution in [0.4, 0.5) is 0 Å². The van der Waals surface area contributed by atoms with Crippen LogP contribution in [0.5, 0.6) is 11.5 Å². The van der Waals surface area contributed by atoms with E-state index >= 15 is 0 Å². The third-order valence-corrected chi connectivity index (χ3v) is 5.99. The fraction of sp³-hybridized carbons (Fsp3) is 0.360. The third kappa shape index (κ3) is 4.48. The van der Waals surface area contributed by atoms with E-state index < -0.39 is 0 Å². The second-order valence-electron chi connectivity index (χ2n) is 7.91. The first-order chi connectivity index (χ1) is 15.5. The minimum Gasteiger partial charge on any atom is -0.493 e. The summed E-state index contributed by atoms with van der Waals surface area (Å²) in [4.78, 5) is 29.2. The fourth-order valence-corrected chi connectivity index (χ4v) is 4.13. The van der Waals surface area contributed by atoms with E-state index in [4.69, 9.17) is 13.9 Å². The van der Waals surface area contributed by atoms with Crippen LogP contribution in [0.25, 0.3) is 11.0 Å². The topological polar surface area (TPSA) is 72.2 Å². The standard InChI is InChI=1S/C25H28N2O5/c1-4-17-5-7-20-19(15-24(28)32-22(20)13-17)16-26-9-11-27(12-10-26)25(29)18-6-8-21(30-2)23(14-18)31-3/h5-8,13-15H,4,9-12,16H2,1-3H3. The zero-order valence-electron chi connectivity index (χ0n) is 18.7. The largest absolute Gasteiger partial charge is 0.493 e. The van der Waals surface area contributed by atoms with E-state index in [-0.39, 0.29) is 11.5 Å². The average molecular weight is 437 g/mol. The number of ether oxygens (including phenoxy) is 2. The summed E-state index contributed by atoms with van der Waals surface area (Å²) >= 11 is 0. The van der Waals surface area contributed by atoms with Gasteiger partial charge >= 0.3 is 5.63 Å². The number of nitrogens with zero attached hydrogens (tertiary/aromatic N) is 2. The number of carbonyl (C=O) groups excluding carboxylic acids is 1. The highest BCUT2D eigenvalue weighted by atomic mass is 16.5. The van der Waals surface area contributed by atoms with Crippen molar-refractivity contribution in [3.8, 4) is 11.5 Å². The van der Waals surface area contributed by atoms with Crippen molar-refractivity contribution in [2.45, 2.75) is 19.9 Å². The van der Waals surface area contributed by atoms with Crippen LogP contribution < -0.4 is 15.1 Å². The van der Waals surface area contributed by atoms with E-state index in [9.17, 15) is 9.59 Å². The molecule has 0 unspecified atom stereocenters. The summed E-state index contributed by atoms with van der Waals surface area (Å²) < 4.78 is 16.0. The molecule has 0 saturated carbocycles. The SMILES string of the molecule is CCc1ccc2c(CN3CCN(C(=O)c4ccc(OC)c(OC)c4)CC3)cc(=O)oc2c1. The Morgan fingerprint density at radius 2 is 1.72 bits per heavy atom. The lowest BCUT2D eigenvalue weighted by Gasteiger charge is -2.35. The van der Waals surface area contributed by atoms with E-state index in [2.05, 4.69) is 17.9 Å². The number of fused-ring (bicyclic) bond motifs is 1. The predicted octanol–water partition coefficient (Wildman–Crippen LogP) is 3.33. The van der Waals surface area contributed by atoms with Crippen LogP contribution in [0, 0.1) is 0 Å². The van der Waals surface area contributed by atoms with Crippen molar-refractivity contribution in [3.63, 3.8) is 0 Å². The molecule has 4 rings (SSSR count). The molecule has 0 radical (unpaired) electrons. The van der Waals surface area contributed by atoms with Crippen molar-refractivity contribution in [2.75, 3.05) is 40.4 Å². The Bertz CT molecular complexity index is 1180. The van der Waals surface area contributed by atoms with Gasteiger partial charge in [-0.2, -0.15) is 0 Å². The number of hydrogen-bond donors (Lipinski definition) is 0. The Kier molecular flexibility index (Phi) is 6.46. The summed E-state index contributed by atoms with van der Waals surface area (Å²) in [5.41, 5.74) is 2.98. The molecule has 1 fully saturated rings. The van der Waals surface area contributed by atoms with E-state index in [1.54, 1.807) is 38.5 Å². The van der Waals surface area contributed by atoms with Crippen LogP contribution in [0.1, 0.15) is 28.4 Å². The Balaban J connectivity index is 1.44. The van der Waals surface area contributed by atoms with Crippen molar-refractivity contribution >= 4 is 16.9 Å². The molecule has 2 aromatic carbocycles. The van der Waals surface area contributed by atoms with Crippen molar-refractivity contribution in [2.24, 2.45) is 0 Å². The number of benzene rings is 2. The van der Waals surface area contributed by atoms with Crippen LogP contribution in [-0.2, 0) is 13.0 Å². The smallest absolute Gasteiger partial charge is 0.336 e. The molecule has 1 aromatic heterocycles. The fourth-order valence-electron chi connectivity index (χ4n) is 4.13. The summed E-state index contributed by atoms with van der Waals surface area (Å²) in [5, 5.41) is 0.964. The van der Waals surface area contributed by atoms with Crippen LogP contribution >= 0.6 is 0 Å². The van der Waals surface area contributed by atoms with Crippen molar-refractivity contribution < 1.29 is 18.7 Å². The van der Waals surface area contributed by atoms with Crippen molar-refractivity contribution in [3.05, 3.63) is 69.6 Å². The number of rotatable bonds is 6. The third-order valence-electron chi connectivity index (χ3n) is 5.99. The first-order valence-electron chi connectivity index (χ1n) is 10.8. The molecule has 0 spiro atoms. The molecule has 7 heteroatoms. The minimum atomic E-state index is -0.331. The Hall–Kier alpha value is -3.32. The van der Waals surface area contributed by atoms with Gasteiger partial charge in [-0.3, -0.25) is 9.69 Å². The van der Waals surface area contributed by atoms with Crippen LogP contribution in [0.15, 0.2) is 51.7 Å². The maximum absolute atomic E-state index is 13.0. The molecule has 168 valence electrons. The normalized spacial score (nSPS) is 14.5. The Labute approximate surface area is 187 Å². The molecule has 1 aliphatic rings. The van der Waals surface area contributed by atoms with Gasteiger partial charge in [-0.1, -0.05) is 19.1 Å². The molecule has 1 saturated heterocycles. The molecule has 1 aliphatic heterocycles. The summed E-state index contributed by atoms with van der Waals surface area (Å²) in [7, 11) is 3.13. The number of methoxy groups -OCH3 is 2. The maximum Gasteiger partial charge on any atom is 0.336 e. The molecule has 0 bridgehead atoms. The predicted molar refractivity (Wildman–Crippen MR) is 123 cm³/mol. The molecule has 0 N–H and O–H groups in total. The van der Waals surface area contributed by atoms with Crippen LogP contribution in [-0.4, -0.2) is 56.1 Å².